The Kier molecular flexibility index (Phi) is 5.91. The Hall–Kier alpha value is -1.56. The number of benzene rings is 1. The van der Waals surface area contributed by atoms with Crippen LogP contribution in [0.15, 0.2) is 27.8 Å². The number of carbonyl (C=O) groups is 1. The Morgan fingerprint density at radius 2 is 2.21 bits per heavy atom. The number of Topliss-reactive ketones (excluding diaryl/α,β-unsaturated/α-hetero) is 1. The molecule has 0 aromatic heterocycles. The van der Waals surface area contributed by atoms with E-state index >= 15 is 0 Å². The van der Waals surface area contributed by atoms with Gasteiger partial charge in [-0.15, -0.1) is 0 Å². The molecule has 0 amide bonds. The number of nitrogens with one attached hydrogen (secondary N) is 1. The van der Waals surface area contributed by atoms with E-state index < -0.39 is 27.7 Å². The maximum atomic E-state index is 13.2. The first kappa shape index (κ1) is 18.8. The first-order chi connectivity index (χ1) is 11.2. The zero-order chi connectivity index (χ0) is 17.9. The van der Waals surface area contributed by atoms with Gasteiger partial charge in [-0.25, -0.2) is 9.53 Å². The minimum Gasteiger partial charge on any atom is -0.409 e. The van der Waals surface area contributed by atoms with Crippen LogP contribution in [-0.4, -0.2) is 42.6 Å². The third kappa shape index (κ3) is 4.50. The SMILES string of the molecule is NS(=O)(=O)N1CCC[C@H](C(=O)/C(=N/O)Nc2ccc(F)c(Br)c2)C1. The highest BCUT2D eigenvalue weighted by Gasteiger charge is 2.33. The van der Waals surface area contributed by atoms with Gasteiger partial charge in [0.25, 0.3) is 10.2 Å². The number of nitrogens with zero attached hydrogens (tertiary/aromatic N) is 2. The lowest BCUT2D eigenvalue weighted by Crippen LogP contribution is -2.47. The predicted molar refractivity (Wildman–Crippen MR) is 89.4 cm³/mol. The molecule has 1 fully saturated rings. The molecule has 0 saturated carbocycles. The summed E-state index contributed by atoms with van der Waals surface area (Å²) >= 11 is 3.01. The van der Waals surface area contributed by atoms with Gasteiger partial charge < -0.3 is 10.5 Å². The van der Waals surface area contributed by atoms with E-state index in [-0.39, 0.29) is 23.4 Å². The highest BCUT2D eigenvalue weighted by molar-refractivity contribution is 9.10. The van der Waals surface area contributed by atoms with E-state index in [0.29, 0.717) is 18.5 Å². The number of oxime groups is 1. The first-order valence-electron chi connectivity index (χ1n) is 6.98. The van der Waals surface area contributed by atoms with Crippen molar-refractivity contribution >= 4 is 43.4 Å². The molecule has 2 rings (SSSR count). The third-order valence-corrected chi connectivity index (χ3v) is 5.29. The maximum Gasteiger partial charge on any atom is 0.276 e. The van der Waals surface area contributed by atoms with Crippen LogP contribution in [0.5, 0.6) is 0 Å². The van der Waals surface area contributed by atoms with Crippen molar-refractivity contribution in [1.29, 1.82) is 0 Å². The van der Waals surface area contributed by atoms with Crippen molar-refractivity contribution in [3.8, 4) is 0 Å². The van der Waals surface area contributed by atoms with Crippen LogP contribution in [0.3, 0.4) is 0 Å². The number of halogens is 2. The summed E-state index contributed by atoms with van der Waals surface area (Å²) in [5.74, 6) is -2.06. The molecule has 8 nitrogen and oxygen atoms in total. The lowest BCUT2D eigenvalue weighted by atomic mass is 9.94. The first-order valence-corrected chi connectivity index (χ1v) is 9.28. The lowest BCUT2D eigenvalue weighted by molar-refractivity contribution is -0.117. The Bertz CT molecular complexity index is 771. The molecule has 11 heteroatoms. The fourth-order valence-electron chi connectivity index (χ4n) is 2.43. The molecule has 0 unspecified atom stereocenters. The lowest BCUT2D eigenvalue weighted by Gasteiger charge is -2.29. The Morgan fingerprint density at radius 1 is 1.50 bits per heavy atom. The summed E-state index contributed by atoms with van der Waals surface area (Å²) < 4.78 is 37.2. The van der Waals surface area contributed by atoms with Crippen molar-refractivity contribution < 1.29 is 22.8 Å². The van der Waals surface area contributed by atoms with Crippen LogP contribution in [0, 0.1) is 11.7 Å². The zero-order valence-electron chi connectivity index (χ0n) is 12.4. The summed E-state index contributed by atoms with van der Waals surface area (Å²) in [6.07, 6.45) is 0.909. The highest BCUT2D eigenvalue weighted by Crippen LogP contribution is 2.22. The second-order valence-corrected chi connectivity index (χ2v) is 7.71. The van der Waals surface area contributed by atoms with Gasteiger partial charge in [-0.3, -0.25) is 4.79 Å². The van der Waals surface area contributed by atoms with Crippen LogP contribution in [0.25, 0.3) is 0 Å². The fourth-order valence-corrected chi connectivity index (χ4v) is 3.58. The minimum absolute atomic E-state index is 0.0779. The molecule has 132 valence electrons. The van der Waals surface area contributed by atoms with Crippen molar-refractivity contribution in [2.24, 2.45) is 16.2 Å². The summed E-state index contributed by atoms with van der Waals surface area (Å²) in [5, 5.41) is 19.7. The molecular weight excluding hydrogens is 407 g/mol. The van der Waals surface area contributed by atoms with Crippen LogP contribution in [-0.2, 0) is 15.0 Å². The highest BCUT2D eigenvalue weighted by atomic mass is 79.9. The average Bonchev–Trinajstić information content (AvgIpc) is 2.54. The molecule has 1 aliphatic heterocycles. The van der Waals surface area contributed by atoms with E-state index in [2.05, 4.69) is 26.4 Å². The number of amidine groups is 1. The van der Waals surface area contributed by atoms with E-state index in [1.165, 1.54) is 18.2 Å². The van der Waals surface area contributed by atoms with E-state index in [0.717, 1.165) is 4.31 Å². The van der Waals surface area contributed by atoms with Crippen molar-refractivity contribution in [3.63, 3.8) is 0 Å². The van der Waals surface area contributed by atoms with Crippen molar-refractivity contribution in [2.45, 2.75) is 12.8 Å². The van der Waals surface area contributed by atoms with Crippen LogP contribution in [0.4, 0.5) is 10.1 Å². The quantitative estimate of drug-likeness (QED) is 0.291. The monoisotopic (exact) mass is 422 g/mol. The Balaban J connectivity index is 2.12. The molecule has 0 spiro atoms. The van der Waals surface area contributed by atoms with E-state index in [1.807, 2.05) is 0 Å². The summed E-state index contributed by atoms with van der Waals surface area (Å²) in [5.41, 5.74) is 0.337. The number of anilines is 1. The van der Waals surface area contributed by atoms with Crippen LogP contribution in [0.1, 0.15) is 12.8 Å². The molecule has 0 bridgehead atoms. The number of hydrogen-bond donors (Lipinski definition) is 3. The second kappa shape index (κ2) is 7.55. The molecular formula is C13H16BrFN4O4S. The molecule has 1 aromatic carbocycles. The average molecular weight is 423 g/mol. The van der Waals surface area contributed by atoms with Gasteiger partial charge in [0.1, 0.15) is 5.82 Å². The maximum absolute atomic E-state index is 13.2. The van der Waals surface area contributed by atoms with Crippen molar-refractivity contribution in [3.05, 3.63) is 28.5 Å². The largest absolute Gasteiger partial charge is 0.409 e. The van der Waals surface area contributed by atoms with E-state index in [4.69, 9.17) is 10.3 Å². The minimum atomic E-state index is -3.88. The number of carbonyl (C=O) groups excluding carboxylic acids is 1. The number of hydrogen-bond acceptors (Lipinski definition) is 5. The van der Waals surface area contributed by atoms with Gasteiger partial charge >= 0.3 is 0 Å². The van der Waals surface area contributed by atoms with E-state index in [1.54, 1.807) is 0 Å². The van der Waals surface area contributed by atoms with Gasteiger partial charge in [0.15, 0.2) is 0 Å². The molecule has 1 saturated heterocycles. The zero-order valence-corrected chi connectivity index (χ0v) is 14.8. The summed E-state index contributed by atoms with van der Waals surface area (Å²) in [6, 6.07) is 3.93. The summed E-state index contributed by atoms with van der Waals surface area (Å²) in [6.45, 7) is 0.165. The van der Waals surface area contributed by atoms with Gasteiger partial charge in [-0.1, -0.05) is 5.16 Å². The molecule has 24 heavy (non-hydrogen) atoms. The van der Waals surface area contributed by atoms with Gasteiger partial charge in [0, 0.05) is 24.7 Å². The van der Waals surface area contributed by atoms with Crippen molar-refractivity contribution in [1.82, 2.24) is 4.31 Å². The molecule has 1 atom stereocenters. The van der Waals surface area contributed by atoms with Crippen LogP contribution in [0.2, 0.25) is 0 Å². The molecule has 0 aliphatic carbocycles. The van der Waals surface area contributed by atoms with Crippen LogP contribution >= 0.6 is 15.9 Å². The Morgan fingerprint density at radius 3 is 2.79 bits per heavy atom. The van der Waals surface area contributed by atoms with Crippen LogP contribution < -0.4 is 10.5 Å². The molecule has 1 aromatic rings. The predicted octanol–water partition coefficient (Wildman–Crippen LogP) is 1.27. The van der Waals surface area contributed by atoms with Gasteiger partial charge in [0.05, 0.1) is 4.47 Å². The smallest absolute Gasteiger partial charge is 0.276 e. The van der Waals surface area contributed by atoms with Crippen molar-refractivity contribution in [2.75, 3.05) is 18.4 Å². The second-order valence-electron chi connectivity index (χ2n) is 5.31. The van der Waals surface area contributed by atoms with Gasteiger partial charge in [-0.2, -0.15) is 12.7 Å². The summed E-state index contributed by atoms with van der Waals surface area (Å²) in [4.78, 5) is 12.5. The fraction of sp³-hybridized carbons (Fsp3) is 0.385. The topological polar surface area (TPSA) is 125 Å². The molecule has 1 heterocycles. The Labute approximate surface area is 146 Å². The van der Waals surface area contributed by atoms with Gasteiger partial charge in [-0.05, 0) is 47.0 Å². The van der Waals surface area contributed by atoms with Gasteiger partial charge in [0.2, 0.25) is 11.6 Å². The van der Waals surface area contributed by atoms with E-state index in [9.17, 15) is 17.6 Å². The number of piperidine rings is 1. The molecule has 4 N–H and O–H groups in total. The number of rotatable bonds is 4. The molecule has 1 aliphatic rings. The molecule has 0 radical (unpaired) electrons. The normalized spacial score (nSPS) is 20.0. The standard InChI is InChI=1S/C13H16BrFN4O4S/c14-10-6-9(3-4-11(10)15)17-13(18-21)12(20)8-2-1-5-19(7-8)24(16,22)23/h3-4,6,8,21H,1-2,5,7H2,(H,17,18)(H2,16,22,23)/t8-/m0/s1. The number of nitrogens with two attached hydrogens (primary N) is 1. The number of ketones is 1. The summed E-state index contributed by atoms with van der Waals surface area (Å²) in [7, 11) is -3.88. The third-order valence-electron chi connectivity index (χ3n) is 3.63.